The number of amides is 1. The first-order valence-corrected chi connectivity index (χ1v) is 6.51. The Labute approximate surface area is 113 Å². The third-order valence-electron chi connectivity index (χ3n) is 3.51. The summed E-state index contributed by atoms with van der Waals surface area (Å²) in [5.74, 6) is -0.333. The molecule has 1 unspecified atom stereocenters. The van der Waals surface area contributed by atoms with Crippen LogP contribution in [0.25, 0.3) is 0 Å². The van der Waals surface area contributed by atoms with Gasteiger partial charge in [0.15, 0.2) is 0 Å². The molecule has 4 nitrogen and oxygen atoms in total. The number of anilines is 1. The minimum Gasteiger partial charge on any atom is -0.469 e. The van der Waals surface area contributed by atoms with E-state index in [-0.39, 0.29) is 24.2 Å². The van der Waals surface area contributed by atoms with Crippen molar-refractivity contribution in [2.24, 2.45) is 5.92 Å². The van der Waals surface area contributed by atoms with Crippen LogP contribution in [0, 0.1) is 5.92 Å². The Morgan fingerprint density at radius 3 is 2.68 bits per heavy atom. The van der Waals surface area contributed by atoms with Crippen molar-refractivity contribution >= 4 is 17.6 Å². The first kappa shape index (κ1) is 13.6. The van der Waals surface area contributed by atoms with Crippen LogP contribution in [-0.2, 0) is 14.3 Å². The molecule has 1 amide bonds. The van der Waals surface area contributed by atoms with E-state index in [0.29, 0.717) is 12.5 Å². The van der Waals surface area contributed by atoms with E-state index in [1.54, 1.807) is 4.90 Å². The van der Waals surface area contributed by atoms with Crippen LogP contribution < -0.4 is 4.90 Å². The highest BCUT2D eigenvalue weighted by molar-refractivity contribution is 6.00. The number of nitrogens with zero attached hydrogens (tertiary/aromatic N) is 1. The molecule has 0 N–H and O–H groups in total. The van der Waals surface area contributed by atoms with Crippen molar-refractivity contribution in [3.8, 4) is 0 Å². The van der Waals surface area contributed by atoms with Crippen molar-refractivity contribution in [2.75, 3.05) is 18.6 Å². The quantitative estimate of drug-likeness (QED) is 0.785. The first-order valence-electron chi connectivity index (χ1n) is 6.51. The molecule has 4 heteroatoms. The molecule has 2 rings (SSSR count). The normalized spacial score (nSPS) is 19.1. The van der Waals surface area contributed by atoms with Crippen LogP contribution in [0.5, 0.6) is 0 Å². The number of carbonyl (C=O) groups excluding carboxylic acids is 2. The average molecular weight is 261 g/mol. The van der Waals surface area contributed by atoms with Gasteiger partial charge in [-0.3, -0.25) is 9.59 Å². The lowest BCUT2D eigenvalue weighted by atomic mass is 10.0. The molecule has 1 aliphatic rings. The van der Waals surface area contributed by atoms with Gasteiger partial charge in [-0.05, 0) is 17.5 Å². The lowest BCUT2D eigenvalue weighted by Gasteiger charge is -2.21. The van der Waals surface area contributed by atoms with E-state index in [2.05, 4.69) is 13.8 Å². The number of methoxy groups -OCH3 is 1. The number of ether oxygens (including phenoxy) is 1. The van der Waals surface area contributed by atoms with Crippen molar-refractivity contribution in [1.82, 2.24) is 0 Å². The second kappa shape index (κ2) is 5.43. The predicted octanol–water partition coefficient (Wildman–Crippen LogP) is 2.34. The van der Waals surface area contributed by atoms with Crippen molar-refractivity contribution in [2.45, 2.75) is 26.2 Å². The molecule has 0 aliphatic carbocycles. The predicted molar refractivity (Wildman–Crippen MR) is 73.0 cm³/mol. The first-order chi connectivity index (χ1) is 9.04. The van der Waals surface area contributed by atoms with E-state index in [1.165, 1.54) is 7.11 Å². The fraction of sp³-hybridized carbons (Fsp3) is 0.467. The summed E-state index contributed by atoms with van der Waals surface area (Å²) in [6, 6.07) is 7.85. The molecule has 1 aliphatic heterocycles. The summed E-state index contributed by atoms with van der Waals surface area (Å²) >= 11 is 0. The van der Waals surface area contributed by atoms with E-state index >= 15 is 0 Å². The van der Waals surface area contributed by atoms with Crippen LogP contribution >= 0.6 is 0 Å². The van der Waals surface area contributed by atoms with E-state index in [4.69, 9.17) is 4.74 Å². The maximum Gasteiger partial charge on any atom is 0.311 e. The summed E-state index contributed by atoms with van der Waals surface area (Å²) in [5, 5.41) is 0. The molecule has 0 aromatic heterocycles. The molecular weight excluding hydrogens is 242 g/mol. The third kappa shape index (κ3) is 2.62. The summed E-state index contributed by atoms with van der Waals surface area (Å²) in [6.45, 7) is 4.60. The molecular formula is C15H19NO3. The Morgan fingerprint density at radius 2 is 2.05 bits per heavy atom. The second-order valence-electron chi connectivity index (χ2n) is 5.14. The van der Waals surface area contributed by atoms with Gasteiger partial charge in [0.25, 0.3) is 0 Å². The number of para-hydroxylation sites is 1. The summed E-state index contributed by atoms with van der Waals surface area (Å²) < 4.78 is 4.73. The number of hydrogen-bond acceptors (Lipinski definition) is 3. The standard InChI is InChI=1S/C15H19NO3/c1-10(2)12-6-4-5-7-13(12)16-9-11(8-14(16)17)15(18)19-3/h4-7,10-11H,8-9H2,1-3H3. The molecule has 1 fully saturated rings. The summed E-state index contributed by atoms with van der Waals surface area (Å²) in [7, 11) is 1.36. The number of benzene rings is 1. The number of rotatable bonds is 3. The van der Waals surface area contributed by atoms with Gasteiger partial charge in [0.1, 0.15) is 0 Å². The zero-order chi connectivity index (χ0) is 14.0. The lowest BCUT2D eigenvalue weighted by Crippen LogP contribution is -2.27. The van der Waals surface area contributed by atoms with Crippen molar-refractivity contribution in [3.63, 3.8) is 0 Å². The minimum atomic E-state index is -0.349. The van der Waals surface area contributed by atoms with Crippen LogP contribution in [0.4, 0.5) is 5.69 Å². The molecule has 0 bridgehead atoms. The monoisotopic (exact) mass is 261 g/mol. The van der Waals surface area contributed by atoms with E-state index in [1.807, 2.05) is 24.3 Å². The zero-order valence-electron chi connectivity index (χ0n) is 11.6. The lowest BCUT2D eigenvalue weighted by molar-refractivity contribution is -0.145. The Balaban J connectivity index is 2.28. The summed E-state index contributed by atoms with van der Waals surface area (Å²) in [6.07, 6.45) is 0.235. The molecule has 1 atom stereocenters. The van der Waals surface area contributed by atoms with Crippen LogP contribution in [0.15, 0.2) is 24.3 Å². The van der Waals surface area contributed by atoms with Crippen molar-refractivity contribution in [3.05, 3.63) is 29.8 Å². The topological polar surface area (TPSA) is 46.6 Å². The molecule has 0 radical (unpaired) electrons. The SMILES string of the molecule is COC(=O)C1CC(=O)N(c2ccccc2C(C)C)C1. The summed E-state index contributed by atoms with van der Waals surface area (Å²) in [5.41, 5.74) is 2.04. The number of hydrogen-bond donors (Lipinski definition) is 0. The van der Waals surface area contributed by atoms with Crippen LogP contribution in [0.3, 0.4) is 0 Å². The van der Waals surface area contributed by atoms with E-state index in [9.17, 15) is 9.59 Å². The fourth-order valence-electron chi connectivity index (χ4n) is 2.49. The van der Waals surface area contributed by atoms with Gasteiger partial charge in [0.2, 0.25) is 5.91 Å². The van der Waals surface area contributed by atoms with Gasteiger partial charge in [-0.15, -0.1) is 0 Å². The van der Waals surface area contributed by atoms with Gasteiger partial charge < -0.3 is 9.64 Å². The van der Waals surface area contributed by atoms with Gasteiger partial charge in [-0.1, -0.05) is 32.0 Å². The highest BCUT2D eigenvalue weighted by Crippen LogP contribution is 2.32. The highest BCUT2D eigenvalue weighted by Gasteiger charge is 2.36. The Hall–Kier alpha value is -1.84. The number of esters is 1. The zero-order valence-corrected chi connectivity index (χ0v) is 11.6. The maximum absolute atomic E-state index is 12.1. The summed E-state index contributed by atoms with van der Waals surface area (Å²) in [4.78, 5) is 25.4. The third-order valence-corrected chi connectivity index (χ3v) is 3.51. The molecule has 0 spiro atoms. The average Bonchev–Trinajstić information content (AvgIpc) is 2.79. The molecule has 0 saturated carbocycles. The molecule has 1 heterocycles. The maximum atomic E-state index is 12.1. The van der Waals surface area contributed by atoms with Crippen LogP contribution in [-0.4, -0.2) is 25.5 Å². The van der Waals surface area contributed by atoms with Crippen molar-refractivity contribution < 1.29 is 14.3 Å². The molecule has 1 aromatic rings. The Morgan fingerprint density at radius 1 is 1.37 bits per heavy atom. The minimum absolute atomic E-state index is 0.0106. The van der Waals surface area contributed by atoms with Gasteiger partial charge >= 0.3 is 5.97 Å². The molecule has 102 valence electrons. The Bertz CT molecular complexity index is 496. The van der Waals surface area contributed by atoms with Gasteiger partial charge in [-0.25, -0.2) is 0 Å². The van der Waals surface area contributed by atoms with Gasteiger partial charge in [0.05, 0.1) is 13.0 Å². The van der Waals surface area contributed by atoms with Gasteiger partial charge in [0, 0.05) is 18.7 Å². The van der Waals surface area contributed by atoms with Gasteiger partial charge in [-0.2, -0.15) is 0 Å². The molecule has 1 aromatic carbocycles. The fourth-order valence-corrected chi connectivity index (χ4v) is 2.49. The molecule has 1 saturated heterocycles. The smallest absolute Gasteiger partial charge is 0.311 e. The molecule has 19 heavy (non-hydrogen) atoms. The largest absolute Gasteiger partial charge is 0.469 e. The van der Waals surface area contributed by atoms with E-state index < -0.39 is 0 Å². The highest BCUT2D eigenvalue weighted by atomic mass is 16.5. The second-order valence-corrected chi connectivity index (χ2v) is 5.14. The van der Waals surface area contributed by atoms with E-state index in [0.717, 1.165) is 11.3 Å². The number of carbonyl (C=O) groups is 2. The van der Waals surface area contributed by atoms with Crippen molar-refractivity contribution in [1.29, 1.82) is 0 Å². The van der Waals surface area contributed by atoms with Crippen LogP contribution in [0.1, 0.15) is 31.7 Å². The van der Waals surface area contributed by atoms with Crippen LogP contribution in [0.2, 0.25) is 0 Å². The Kier molecular flexibility index (Phi) is 3.88.